The Labute approximate surface area is 172 Å². The molecule has 3 rings (SSSR count). The van der Waals surface area contributed by atoms with E-state index in [0.717, 1.165) is 0 Å². The zero-order valence-electron chi connectivity index (χ0n) is 16.2. The quantitative estimate of drug-likeness (QED) is 0.474. The fraction of sp³-hybridized carbons (Fsp3) is 0.190. The number of carbonyl (C=O) groups is 2. The normalized spacial score (nSPS) is 10.8. The summed E-state index contributed by atoms with van der Waals surface area (Å²) in [4.78, 5) is 29.0. The Morgan fingerprint density at radius 1 is 1.10 bits per heavy atom. The van der Waals surface area contributed by atoms with Crippen LogP contribution in [0.5, 0.6) is 0 Å². The van der Waals surface area contributed by atoms with E-state index in [9.17, 15) is 14.0 Å². The van der Waals surface area contributed by atoms with Gasteiger partial charge in [0.05, 0.1) is 17.9 Å². The number of benzene rings is 2. The van der Waals surface area contributed by atoms with E-state index >= 15 is 0 Å². The molecule has 1 N–H and O–H groups in total. The molecule has 0 saturated carbocycles. The van der Waals surface area contributed by atoms with E-state index in [2.05, 4.69) is 10.3 Å². The zero-order valence-corrected chi connectivity index (χ0v) is 17.0. The number of anilines is 1. The minimum absolute atomic E-state index is 0.209. The zero-order chi connectivity index (χ0) is 21.0. The van der Waals surface area contributed by atoms with Crippen molar-refractivity contribution in [3.8, 4) is 5.69 Å². The van der Waals surface area contributed by atoms with E-state index in [1.165, 1.54) is 30.1 Å². The first-order valence-corrected chi connectivity index (χ1v) is 10.1. The molecule has 150 valence electrons. The van der Waals surface area contributed by atoms with Crippen LogP contribution in [0.1, 0.15) is 34.7 Å². The number of thioether (sulfide) groups is 1. The van der Waals surface area contributed by atoms with Gasteiger partial charge in [0.15, 0.2) is 5.16 Å². The minimum Gasteiger partial charge on any atom is -0.459 e. The van der Waals surface area contributed by atoms with Crippen molar-refractivity contribution in [1.29, 1.82) is 0 Å². The molecule has 0 fully saturated rings. The first kappa shape index (κ1) is 20.6. The second kappa shape index (κ2) is 8.91. The number of hydrogen-bond acceptors (Lipinski definition) is 5. The van der Waals surface area contributed by atoms with Crippen molar-refractivity contribution in [2.45, 2.75) is 25.1 Å². The van der Waals surface area contributed by atoms with Gasteiger partial charge in [-0.3, -0.25) is 9.36 Å². The molecule has 0 aliphatic rings. The number of imidazole rings is 1. The van der Waals surface area contributed by atoms with Gasteiger partial charge in [-0.1, -0.05) is 11.8 Å². The Balaban J connectivity index is 1.82. The number of aromatic nitrogens is 2. The standard InChI is InChI=1S/C21H20FN3O3S/c1-13(2)28-20(27)14-4-8-16(9-5-14)24-19(26)18-12-23-21(29-3)25(18)17-10-6-15(22)7-11-17/h4-13H,1-3H3,(H,24,26). The van der Waals surface area contributed by atoms with E-state index in [1.54, 1.807) is 54.8 Å². The van der Waals surface area contributed by atoms with Crippen molar-refractivity contribution in [2.75, 3.05) is 11.6 Å². The lowest BCUT2D eigenvalue weighted by Crippen LogP contribution is -2.17. The summed E-state index contributed by atoms with van der Waals surface area (Å²) in [7, 11) is 0. The SMILES string of the molecule is CSc1ncc(C(=O)Nc2ccc(C(=O)OC(C)C)cc2)n1-c1ccc(F)cc1. The highest BCUT2D eigenvalue weighted by molar-refractivity contribution is 7.98. The lowest BCUT2D eigenvalue weighted by Gasteiger charge is -2.12. The van der Waals surface area contributed by atoms with Gasteiger partial charge in [-0.15, -0.1) is 0 Å². The third kappa shape index (κ3) is 4.83. The van der Waals surface area contributed by atoms with Gasteiger partial charge in [-0.2, -0.15) is 0 Å². The average molecular weight is 413 g/mol. The van der Waals surface area contributed by atoms with E-state index in [-0.39, 0.29) is 17.8 Å². The molecule has 29 heavy (non-hydrogen) atoms. The van der Waals surface area contributed by atoms with Gasteiger partial charge in [0.2, 0.25) is 0 Å². The van der Waals surface area contributed by atoms with Gasteiger partial charge in [-0.05, 0) is 68.6 Å². The lowest BCUT2D eigenvalue weighted by molar-refractivity contribution is 0.0378. The number of rotatable bonds is 6. The Hall–Kier alpha value is -3.13. The predicted octanol–water partition coefficient (Wildman–Crippen LogP) is 4.55. The van der Waals surface area contributed by atoms with Crippen LogP contribution in [-0.4, -0.2) is 33.8 Å². The van der Waals surface area contributed by atoms with Crippen LogP contribution < -0.4 is 5.32 Å². The van der Waals surface area contributed by atoms with Crippen molar-refractivity contribution < 1.29 is 18.7 Å². The van der Waals surface area contributed by atoms with Crippen LogP contribution in [0.25, 0.3) is 5.69 Å². The van der Waals surface area contributed by atoms with E-state index in [1.807, 2.05) is 6.26 Å². The molecule has 0 bridgehead atoms. The highest BCUT2D eigenvalue weighted by Gasteiger charge is 2.18. The first-order chi connectivity index (χ1) is 13.9. The number of hydrogen-bond donors (Lipinski definition) is 1. The number of carbonyl (C=O) groups excluding carboxylic acids is 2. The van der Waals surface area contributed by atoms with Crippen molar-refractivity contribution in [3.63, 3.8) is 0 Å². The molecule has 6 nitrogen and oxygen atoms in total. The van der Waals surface area contributed by atoms with Crippen molar-refractivity contribution in [2.24, 2.45) is 0 Å². The molecule has 0 unspecified atom stereocenters. The molecule has 0 atom stereocenters. The predicted molar refractivity (Wildman–Crippen MR) is 110 cm³/mol. The fourth-order valence-electron chi connectivity index (χ4n) is 2.65. The molecule has 1 heterocycles. The fourth-order valence-corrected chi connectivity index (χ4v) is 3.19. The number of ether oxygens (including phenoxy) is 1. The Morgan fingerprint density at radius 3 is 2.34 bits per heavy atom. The second-order valence-corrected chi connectivity index (χ2v) is 7.20. The number of halogens is 1. The van der Waals surface area contributed by atoms with Crippen LogP contribution in [0.2, 0.25) is 0 Å². The smallest absolute Gasteiger partial charge is 0.338 e. The summed E-state index contributed by atoms with van der Waals surface area (Å²) in [6.45, 7) is 3.55. The summed E-state index contributed by atoms with van der Waals surface area (Å²) in [5.41, 5.74) is 1.86. The lowest BCUT2D eigenvalue weighted by atomic mass is 10.2. The molecule has 2 aromatic carbocycles. The molecule has 1 aromatic heterocycles. The third-order valence-corrected chi connectivity index (χ3v) is 4.60. The van der Waals surface area contributed by atoms with Crippen molar-refractivity contribution >= 4 is 29.3 Å². The maximum Gasteiger partial charge on any atom is 0.338 e. The summed E-state index contributed by atoms with van der Waals surface area (Å²) in [5.74, 6) is -1.15. The van der Waals surface area contributed by atoms with E-state index in [4.69, 9.17) is 4.74 Å². The minimum atomic E-state index is -0.420. The summed E-state index contributed by atoms with van der Waals surface area (Å²) in [5, 5.41) is 3.39. The molecule has 0 aliphatic heterocycles. The molecule has 0 saturated heterocycles. The Bertz CT molecular complexity index is 1010. The highest BCUT2D eigenvalue weighted by Crippen LogP contribution is 2.23. The van der Waals surface area contributed by atoms with Gasteiger partial charge >= 0.3 is 5.97 Å². The molecule has 0 aliphatic carbocycles. The summed E-state index contributed by atoms with van der Waals surface area (Å²) in [6.07, 6.45) is 3.11. The van der Waals surface area contributed by atoms with Crippen LogP contribution in [0.4, 0.5) is 10.1 Å². The van der Waals surface area contributed by atoms with Gasteiger partial charge in [-0.25, -0.2) is 14.2 Å². The Kier molecular flexibility index (Phi) is 6.33. The van der Waals surface area contributed by atoms with Crippen LogP contribution in [-0.2, 0) is 4.74 Å². The number of nitrogens with one attached hydrogen (secondary N) is 1. The molecule has 1 amide bonds. The van der Waals surface area contributed by atoms with E-state index in [0.29, 0.717) is 27.8 Å². The molecule has 3 aromatic rings. The van der Waals surface area contributed by atoms with Crippen molar-refractivity contribution in [3.05, 3.63) is 71.8 Å². The molecule has 8 heteroatoms. The van der Waals surface area contributed by atoms with Crippen LogP contribution in [0.3, 0.4) is 0 Å². The molecular weight excluding hydrogens is 393 g/mol. The molecular formula is C21H20FN3O3S. The van der Waals surface area contributed by atoms with Gasteiger partial charge in [0.1, 0.15) is 11.5 Å². The van der Waals surface area contributed by atoms with Gasteiger partial charge in [0.25, 0.3) is 5.91 Å². The molecule has 0 radical (unpaired) electrons. The number of amides is 1. The van der Waals surface area contributed by atoms with Crippen molar-refractivity contribution in [1.82, 2.24) is 9.55 Å². The van der Waals surface area contributed by atoms with Crippen LogP contribution >= 0.6 is 11.8 Å². The number of nitrogens with zero attached hydrogens (tertiary/aromatic N) is 2. The summed E-state index contributed by atoms with van der Waals surface area (Å²) < 4.78 is 20.1. The maximum atomic E-state index is 13.3. The van der Waals surface area contributed by atoms with Crippen LogP contribution in [0.15, 0.2) is 59.9 Å². The monoisotopic (exact) mass is 413 g/mol. The summed E-state index contributed by atoms with van der Waals surface area (Å²) in [6, 6.07) is 12.3. The van der Waals surface area contributed by atoms with E-state index < -0.39 is 5.97 Å². The third-order valence-electron chi connectivity index (χ3n) is 3.95. The molecule has 0 spiro atoms. The summed E-state index contributed by atoms with van der Waals surface area (Å²) >= 11 is 1.38. The highest BCUT2D eigenvalue weighted by atomic mass is 32.2. The number of esters is 1. The largest absolute Gasteiger partial charge is 0.459 e. The van der Waals surface area contributed by atoms with Gasteiger partial charge in [0, 0.05) is 11.4 Å². The van der Waals surface area contributed by atoms with Crippen LogP contribution in [0, 0.1) is 5.82 Å². The maximum absolute atomic E-state index is 13.3. The topological polar surface area (TPSA) is 73.2 Å². The van der Waals surface area contributed by atoms with Gasteiger partial charge < -0.3 is 10.1 Å². The Morgan fingerprint density at radius 2 is 1.76 bits per heavy atom. The average Bonchev–Trinajstić information content (AvgIpc) is 3.13. The first-order valence-electron chi connectivity index (χ1n) is 8.89. The second-order valence-electron chi connectivity index (χ2n) is 6.43.